The molecule has 0 aromatic carbocycles. The molecular weight excluding hydrogens is 320 g/mol. The van der Waals surface area contributed by atoms with Crippen LogP contribution in [0.25, 0.3) is 0 Å². The number of esters is 2. The Hall–Kier alpha value is -1.10. The predicted molar refractivity (Wildman–Crippen MR) is 99.3 cm³/mol. The van der Waals surface area contributed by atoms with Crippen molar-refractivity contribution in [1.82, 2.24) is 0 Å². The third-order valence-corrected chi connectivity index (χ3v) is 4.30. The number of rotatable bonds is 16. The third kappa shape index (κ3) is 16.1. The molecule has 0 radical (unpaired) electrons. The lowest BCUT2D eigenvalue weighted by Gasteiger charge is -2.17. The van der Waals surface area contributed by atoms with E-state index in [1.165, 1.54) is 26.7 Å². The smallest absolute Gasteiger partial charge is 0.302 e. The molecule has 0 fully saturated rings. The Bertz CT molecular complexity index is 343. The van der Waals surface area contributed by atoms with E-state index < -0.39 is 0 Å². The Morgan fingerprint density at radius 2 is 1.12 bits per heavy atom. The van der Waals surface area contributed by atoms with Crippen LogP contribution in [0, 0.1) is 0 Å². The second-order valence-electron chi connectivity index (χ2n) is 6.82. The number of unbranched alkanes of at least 4 members (excludes halogenated alkanes) is 6. The van der Waals surface area contributed by atoms with Crippen LogP contribution in [-0.4, -0.2) is 35.9 Å². The van der Waals surface area contributed by atoms with Crippen molar-refractivity contribution in [2.24, 2.45) is 0 Å². The van der Waals surface area contributed by atoms with Gasteiger partial charge in [0.25, 0.3) is 0 Å². The number of carbonyl (C=O) groups excluding carboxylic acids is 2. The highest BCUT2D eigenvalue weighted by Crippen LogP contribution is 2.16. The number of hydrogen-bond acceptors (Lipinski definition) is 5. The number of ether oxygens (including phenoxy) is 2. The molecule has 0 bridgehead atoms. The lowest BCUT2D eigenvalue weighted by atomic mass is 10.0. The fourth-order valence-electron chi connectivity index (χ4n) is 3.02. The van der Waals surface area contributed by atoms with Crippen LogP contribution < -0.4 is 0 Å². The first-order valence-electron chi connectivity index (χ1n) is 9.94. The molecule has 0 saturated heterocycles. The van der Waals surface area contributed by atoms with E-state index in [1.54, 1.807) is 0 Å². The molecule has 0 heterocycles. The molecule has 0 unspecified atom stereocenters. The van der Waals surface area contributed by atoms with Crippen molar-refractivity contribution in [2.45, 2.75) is 110 Å². The number of aliphatic hydroxyl groups excluding tert-OH is 1. The van der Waals surface area contributed by atoms with Crippen LogP contribution in [-0.2, 0) is 19.1 Å². The van der Waals surface area contributed by atoms with Gasteiger partial charge < -0.3 is 14.6 Å². The molecule has 0 spiro atoms. The first-order valence-corrected chi connectivity index (χ1v) is 9.94. The molecule has 2 atom stereocenters. The van der Waals surface area contributed by atoms with Crippen LogP contribution in [0.15, 0.2) is 0 Å². The summed E-state index contributed by atoms with van der Waals surface area (Å²) in [5.74, 6) is -0.449. The predicted octanol–water partition coefficient (Wildman–Crippen LogP) is 4.54. The van der Waals surface area contributed by atoms with E-state index in [9.17, 15) is 9.59 Å². The van der Waals surface area contributed by atoms with Crippen molar-refractivity contribution in [3.05, 3.63) is 0 Å². The van der Waals surface area contributed by atoms with Gasteiger partial charge in [-0.1, -0.05) is 45.4 Å². The van der Waals surface area contributed by atoms with Gasteiger partial charge in [0.05, 0.1) is 0 Å². The van der Waals surface area contributed by atoms with E-state index in [0.717, 1.165) is 57.8 Å². The molecule has 0 amide bonds. The summed E-state index contributed by atoms with van der Waals surface area (Å²) in [5.41, 5.74) is 0. The van der Waals surface area contributed by atoms with Crippen LogP contribution in [0.5, 0.6) is 0 Å². The van der Waals surface area contributed by atoms with E-state index in [0.29, 0.717) is 6.42 Å². The van der Waals surface area contributed by atoms with Crippen LogP contribution in [0.2, 0.25) is 0 Å². The molecule has 0 rings (SSSR count). The quantitative estimate of drug-likeness (QED) is 0.324. The monoisotopic (exact) mass is 358 g/mol. The van der Waals surface area contributed by atoms with E-state index in [4.69, 9.17) is 14.6 Å². The molecule has 1 N–H and O–H groups in total. The Morgan fingerprint density at radius 1 is 0.720 bits per heavy atom. The highest BCUT2D eigenvalue weighted by molar-refractivity contribution is 5.66. The minimum absolute atomic E-state index is 0.0550. The van der Waals surface area contributed by atoms with Gasteiger partial charge in [-0.25, -0.2) is 0 Å². The van der Waals surface area contributed by atoms with Gasteiger partial charge in [-0.05, 0) is 32.1 Å². The van der Waals surface area contributed by atoms with Crippen molar-refractivity contribution in [3.8, 4) is 0 Å². The molecule has 0 aromatic heterocycles. The van der Waals surface area contributed by atoms with Crippen molar-refractivity contribution in [2.75, 3.05) is 6.61 Å². The fraction of sp³-hybridized carbons (Fsp3) is 0.900. The number of carbonyl (C=O) groups is 2. The molecular formula is C20H38O5. The topological polar surface area (TPSA) is 72.8 Å². The van der Waals surface area contributed by atoms with E-state index >= 15 is 0 Å². The molecule has 5 nitrogen and oxygen atoms in total. The van der Waals surface area contributed by atoms with Gasteiger partial charge in [-0.2, -0.15) is 0 Å². The number of hydrogen-bond donors (Lipinski definition) is 1. The Balaban J connectivity index is 3.69. The van der Waals surface area contributed by atoms with Crippen LogP contribution in [0.4, 0.5) is 0 Å². The molecule has 25 heavy (non-hydrogen) atoms. The highest BCUT2D eigenvalue weighted by atomic mass is 16.5. The van der Waals surface area contributed by atoms with Gasteiger partial charge >= 0.3 is 11.9 Å². The average Bonchev–Trinajstić information content (AvgIpc) is 2.53. The van der Waals surface area contributed by atoms with Gasteiger partial charge in [0, 0.05) is 26.9 Å². The van der Waals surface area contributed by atoms with Gasteiger partial charge in [0.15, 0.2) is 0 Å². The lowest BCUT2D eigenvalue weighted by molar-refractivity contribution is -0.148. The maximum atomic E-state index is 11.1. The molecule has 0 aliphatic heterocycles. The zero-order valence-electron chi connectivity index (χ0n) is 16.4. The van der Waals surface area contributed by atoms with E-state index in [2.05, 4.69) is 6.92 Å². The van der Waals surface area contributed by atoms with Crippen molar-refractivity contribution >= 4 is 11.9 Å². The average molecular weight is 359 g/mol. The Morgan fingerprint density at radius 3 is 1.52 bits per heavy atom. The minimum atomic E-state index is -0.274. The minimum Gasteiger partial charge on any atom is -0.463 e. The number of aliphatic hydroxyl groups is 1. The molecule has 0 saturated carbocycles. The zero-order chi connectivity index (χ0) is 18.9. The van der Waals surface area contributed by atoms with E-state index in [-0.39, 0.29) is 30.8 Å². The summed E-state index contributed by atoms with van der Waals surface area (Å²) in [6, 6.07) is 0. The van der Waals surface area contributed by atoms with Crippen LogP contribution in [0.3, 0.4) is 0 Å². The van der Waals surface area contributed by atoms with Gasteiger partial charge in [-0.15, -0.1) is 0 Å². The second-order valence-corrected chi connectivity index (χ2v) is 6.82. The SMILES string of the molecule is CCCC[C@@H](CCCCCCCC[C@@H](CCO)OC(C)=O)OC(C)=O. The van der Waals surface area contributed by atoms with E-state index in [1.807, 2.05) is 0 Å². The molecule has 0 aliphatic rings. The molecule has 148 valence electrons. The summed E-state index contributed by atoms with van der Waals surface area (Å²) in [6.07, 6.45) is 12.2. The largest absolute Gasteiger partial charge is 0.463 e. The van der Waals surface area contributed by atoms with Crippen molar-refractivity contribution < 1.29 is 24.2 Å². The maximum Gasteiger partial charge on any atom is 0.302 e. The highest BCUT2D eigenvalue weighted by Gasteiger charge is 2.12. The normalized spacial score (nSPS) is 13.3. The van der Waals surface area contributed by atoms with Crippen molar-refractivity contribution in [3.63, 3.8) is 0 Å². The maximum absolute atomic E-state index is 11.1. The van der Waals surface area contributed by atoms with Crippen LogP contribution >= 0.6 is 0 Å². The zero-order valence-corrected chi connectivity index (χ0v) is 16.4. The standard InChI is InChI=1S/C20H38O5/c1-4-5-12-19(24-17(2)22)13-10-8-6-7-9-11-14-20(15-16-21)25-18(3)23/h19-21H,4-16H2,1-3H3/t19-,20-/m0/s1. The summed E-state index contributed by atoms with van der Waals surface area (Å²) in [5, 5.41) is 8.98. The summed E-state index contributed by atoms with van der Waals surface area (Å²) < 4.78 is 10.6. The molecule has 0 aromatic rings. The van der Waals surface area contributed by atoms with Gasteiger partial charge in [-0.3, -0.25) is 9.59 Å². The summed E-state index contributed by atoms with van der Waals surface area (Å²) in [7, 11) is 0. The Kier molecular flexibility index (Phi) is 15.7. The summed E-state index contributed by atoms with van der Waals surface area (Å²) in [6.45, 7) is 5.10. The summed E-state index contributed by atoms with van der Waals surface area (Å²) in [4.78, 5) is 22.1. The van der Waals surface area contributed by atoms with Gasteiger partial charge in [0.1, 0.15) is 12.2 Å². The first kappa shape index (κ1) is 23.9. The van der Waals surface area contributed by atoms with Crippen LogP contribution in [0.1, 0.15) is 97.8 Å². The fourth-order valence-corrected chi connectivity index (χ4v) is 3.02. The molecule has 0 aliphatic carbocycles. The van der Waals surface area contributed by atoms with Crippen molar-refractivity contribution in [1.29, 1.82) is 0 Å². The lowest BCUT2D eigenvalue weighted by Crippen LogP contribution is -2.17. The first-order chi connectivity index (χ1) is 12.0. The second kappa shape index (κ2) is 16.4. The Labute approximate surface area is 153 Å². The molecule has 5 heteroatoms. The van der Waals surface area contributed by atoms with Gasteiger partial charge in [0.2, 0.25) is 0 Å². The summed E-state index contributed by atoms with van der Waals surface area (Å²) >= 11 is 0. The third-order valence-electron chi connectivity index (χ3n) is 4.30.